The van der Waals surface area contributed by atoms with Gasteiger partial charge in [-0.05, 0) is 38.1 Å². The average molecular weight is 529 g/mol. The molecule has 1 aromatic carbocycles. The molecule has 2 atom stereocenters. The molecule has 3 aromatic rings. The quantitative estimate of drug-likeness (QED) is 0.471. The number of hydrogen-bond donors (Lipinski definition) is 3. The number of nitrogens with one attached hydrogen (secondary N) is 3. The van der Waals surface area contributed by atoms with Gasteiger partial charge in [0.2, 0.25) is 5.91 Å². The fourth-order valence-electron chi connectivity index (χ4n) is 4.81. The second-order valence-corrected chi connectivity index (χ2v) is 11.2. The second-order valence-electron chi connectivity index (χ2n) is 9.70. The van der Waals surface area contributed by atoms with E-state index in [0.29, 0.717) is 34.9 Å². The number of likely N-dealkylation sites (tertiary alicyclic amines) is 1. The van der Waals surface area contributed by atoms with Crippen LogP contribution in [0.5, 0.6) is 0 Å². The number of benzene rings is 1. The number of thiazole rings is 1. The highest BCUT2D eigenvalue weighted by Crippen LogP contribution is 2.27. The number of fused-ring (bicyclic) bond motifs is 2. The van der Waals surface area contributed by atoms with Crippen LogP contribution >= 0.6 is 22.9 Å². The molecule has 2 aliphatic heterocycles. The van der Waals surface area contributed by atoms with E-state index in [9.17, 15) is 14.4 Å². The molecule has 4 heterocycles. The average Bonchev–Trinajstić information content (AvgIpc) is 3.54. The summed E-state index contributed by atoms with van der Waals surface area (Å²) in [6.45, 7) is 8.18. The molecule has 1 fully saturated rings. The zero-order valence-corrected chi connectivity index (χ0v) is 22.0. The van der Waals surface area contributed by atoms with Gasteiger partial charge in [0.25, 0.3) is 11.8 Å². The SMILES string of the molecule is CC(=O)N1CC(NC(=O)c2cc3cc(Cl)ccc3[nH]2)C(NC(=O)c2nc3c(s2)CN(C(C)C)CC3)C1. The molecule has 190 valence electrons. The third kappa shape index (κ3) is 4.98. The van der Waals surface area contributed by atoms with Crippen molar-refractivity contribution in [3.05, 3.63) is 50.6 Å². The zero-order valence-electron chi connectivity index (χ0n) is 20.4. The monoisotopic (exact) mass is 528 g/mol. The number of H-pyrrole nitrogens is 1. The fourth-order valence-corrected chi connectivity index (χ4v) is 6.03. The number of nitrogens with zero attached hydrogens (tertiary/aromatic N) is 3. The van der Waals surface area contributed by atoms with Crippen LogP contribution in [0.3, 0.4) is 0 Å². The van der Waals surface area contributed by atoms with Gasteiger partial charge in [-0.1, -0.05) is 11.6 Å². The Hall–Kier alpha value is -2.95. The molecule has 0 saturated carbocycles. The van der Waals surface area contributed by atoms with Crippen molar-refractivity contribution in [1.82, 2.24) is 30.4 Å². The van der Waals surface area contributed by atoms with E-state index in [-0.39, 0.29) is 17.7 Å². The van der Waals surface area contributed by atoms with Crippen LogP contribution in [0.1, 0.15) is 51.6 Å². The smallest absolute Gasteiger partial charge is 0.280 e. The summed E-state index contributed by atoms with van der Waals surface area (Å²) in [5.41, 5.74) is 2.18. The Bertz CT molecular complexity index is 1330. The van der Waals surface area contributed by atoms with Crippen molar-refractivity contribution in [2.45, 2.75) is 51.9 Å². The second kappa shape index (κ2) is 9.84. The van der Waals surface area contributed by atoms with Gasteiger partial charge in [-0.25, -0.2) is 4.98 Å². The van der Waals surface area contributed by atoms with Gasteiger partial charge in [0.1, 0.15) is 5.69 Å². The highest BCUT2D eigenvalue weighted by Gasteiger charge is 2.37. The van der Waals surface area contributed by atoms with E-state index in [1.165, 1.54) is 18.3 Å². The van der Waals surface area contributed by atoms with E-state index in [1.54, 1.807) is 23.1 Å². The van der Waals surface area contributed by atoms with Gasteiger partial charge < -0.3 is 20.5 Å². The van der Waals surface area contributed by atoms with E-state index in [0.717, 1.165) is 41.0 Å². The molecule has 2 aliphatic rings. The first-order valence-electron chi connectivity index (χ1n) is 12.1. The maximum atomic E-state index is 13.1. The number of halogens is 1. The molecule has 0 bridgehead atoms. The van der Waals surface area contributed by atoms with E-state index in [4.69, 9.17) is 11.6 Å². The summed E-state index contributed by atoms with van der Waals surface area (Å²) in [5, 5.41) is 7.86. The van der Waals surface area contributed by atoms with Gasteiger partial charge >= 0.3 is 0 Å². The van der Waals surface area contributed by atoms with Gasteiger partial charge in [0.05, 0.1) is 17.8 Å². The summed E-state index contributed by atoms with van der Waals surface area (Å²) in [4.78, 5) is 51.1. The van der Waals surface area contributed by atoms with Crippen LogP contribution in [-0.4, -0.2) is 75.2 Å². The number of carbonyl (C=O) groups is 3. The minimum absolute atomic E-state index is 0.107. The molecule has 1 saturated heterocycles. The molecular formula is C25H29ClN6O3S. The molecule has 0 aliphatic carbocycles. The van der Waals surface area contributed by atoms with Crippen molar-refractivity contribution in [2.75, 3.05) is 19.6 Å². The lowest BCUT2D eigenvalue weighted by molar-refractivity contribution is -0.127. The number of aromatic amines is 1. The highest BCUT2D eigenvalue weighted by molar-refractivity contribution is 7.13. The molecule has 3 N–H and O–H groups in total. The van der Waals surface area contributed by atoms with Crippen LogP contribution in [0.4, 0.5) is 0 Å². The number of aromatic nitrogens is 2. The Kier molecular flexibility index (Phi) is 6.76. The normalized spacial score (nSPS) is 20.1. The maximum absolute atomic E-state index is 13.1. The Labute approximate surface area is 218 Å². The number of amides is 3. The molecule has 2 unspecified atom stereocenters. The molecule has 0 radical (unpaired) electrons. The van der Waals surface area contributed by atoms with E-state index in [2.05, 4.69) is 39.3 Å². The Morgan fingerprint density at radius 3 is 2.56 bits per heavy atom. The van der Waals surface area contributed by atoms with Crippen LogP contribution in [0.25, 0.3) is 10.9 Å². The topological polar surface area (TPSA) is 110 Å². The summed E-state index contributed by atoms with van der Waals surface area (Å²) in [6.07, 6.45) is 0.827. The minimum Gasteiger partial charge on any atom is -0.351 e. The number of hydrogen-bond acceptors (Lipinski definition) is 6. The molecule has 2 aromatic heterocycles. The third-order valence-corrected chi connectivity index (χ3v) is 8.23. The van der Waals surface area contributed by atoms with Gasteiger partial charge in [-0.2, -0.15) is 0 Å². The lowest BCUT2D eigenvalue weighted by atomic mass is 10.1. The van der Waals surface area contributed by atoms with Crippen LogP contribution in [0.15, 0.2) is 24.3 Å². The van der Waals surface area contributed by atoms with E-state index < -0.39 is 12.1 Å². The summed E-state index contributed by atoms with van der Waals surface area (Å²) in [7, 11) is 0. The maximum Gasteiger partial charge on any atom is 0.280 e. The van der Waals surface area contributed by atoms with Crippen molar-refractivity contribution in [3.63, 3.8) is 0 Å². The van der Waals surface area contributed by atoms with Crippen LogP contribution < -0.4 is 10.6 Å². The van der Waals surface area contributed by atoms with Gasteiger partial charge in [0.15, 0.2) is 5.01 Å². The first kappa shape index (κ1) is 24.7. The van der Waals surface area contributed by atoms with Crippen molar-refractivity contribution in [2.24, 2.45) is 0 Å². The molecule has 11 heteroatoms. The van der Waals surface area contributed by atoms with Crippen LogP contribution in [-0.2, 0) is 17.8 Å². The summed E-state index contributed by atoms with van der Waals surface area (Å²) in [5.74, 6) is -0.694. The van der Waals surface area contributed by atoms with Crippen molar-refractivity contribution < 1.29 is 14.4 Å². The summed E-state index contributed by atoms with van der Waals surface area (Å²) >= 11 is 7.49. The molecular weight excluding hydrogens is 500 g/mol. The Morgan fingerprint density at radius 2 is 1.86 bits per heavy atom. The number of carbonyl (C=O) groups excluding carboxylic acids is 3. The molecule has 9 nitrogen and oxygen atoms in total. The Morgan fingerprint density at radius 1 is 1.14 bits per heavy atom. The van der Waals surface area contributed by atoms with Crippen molar-refractivity contribution in [1.29, 1.82) is 0 Å². The van der Waals surface area contributed by atoms with Gasteiger partial charge in [0, 0.05) is 66.4 Å². The first-order valence-corrected chi connectivity index (χ1v) is 13.3. The molecule has 0 spiro atoms. The summed E-state index contributed by atoms with van der Waals surface area (Å²) < 4.78 is 0. The highest BCUT2D eigenvalue weighted by atomic mass is 35.5. The van der Waals surface area contributed by atoms with Crippen LogP contribution in [0, 0.1) is 0 Å². The van der Waals surface area contributed by atoms with Crippen LogP contribution in [0.2, 0.25) is 5.02 Å². The standard InChI is InChI=1S/C25H29ClN6O3S/c1-13(2)31-7-6-18-22(12-31)36-25(30-18)24(35)29-21-11-32(14(3)33)10-20(21)28-23(34)19-9-15-8-16(26)4-5-17(15)27-19/h4-5,8-9,13,20-21,27H,6-7,10-12H2,1-3H3,(H,28,34)(H,29,35). The minimum atomic E-state index is -0.439. The number of rotatable bonds is 5. The molecule has 36 heavy (non-hydrogen) atoms. The van der Waals surface area contributed by atoms with Gasteiger partial charge in [-0.3, -0.25) is 19.3 Å². The van der Waals surface area contributed by atoms with E-state index >= 15 is 0 Å². The first-order chi connectivity index (χ1) is 17.2. The lowest BCUT2D eigenvalue weighted by Gasteiger charge is -2.29. The van der Waals surface area contributed by atoms with Gasteiger partial charge in [-0.15, -0.1) is 11.3 Å². The fraction of sp³-hybridized carbons (Fsp3) is 0.440. The predicted molar refractivity (Wildman–Crippen MR) is 139 cm³/mol. The lowest BCUT2D eigenvalue weighted by Crippen LogP contribution is -2.51. The predicted octanol–water partition coefficient (Wildman–Crippen LogP) is 2.80. The zero-order chi connectivity index (χ0) is 25.6. The van der Waals surface area contributed by atoms with Crippen molar-refractivity contribution >= 4 is 51.6 Å². The molecule has 3 amide bonds. The third-order valence-electron chi connectivity index (χ3n) is 6.91. The Balaban J connectivity index is 1.30. The van der Waals surface area contributed by atoms with E-state index in [1.807, 2.05) is 6.07 Å². The largest absolute Gasteiger partial charge is 0.351 e. The molecule has 5 rings (SSSR count). The summed E-state index contributed by atoms with van der Waals surface area (Å²) in [6, 6.07) is 6.66. The van der Waals surface area contributed by atoms with Crippen molar-refractivity contribution in [3.8, 4) is 0 Å².